The fraction of sp³-hybridized carbons (Fsp3) is 0.647. The molecule has 1 aromatic carbocycles. The molecule has 124 valence electrons. The number of nitrogens with zero attached hydrogens (tertiary/aromatic N) is 1. The van der Waals surface area contributed by atoms with E-state index in [4.69, 9.17) is 9.47 Å². The summed E-state index contributed by atoms with van der Waals surface area (Å²) in [5, 5.41) is 0. The van der Waals surface area contributed by atoms with Crippen LogP contribution in [0.4, 0.5) is 4.39 Å². The van der Waals surface area contributed by atoms with Crippen molar-refractivity contribution in [2.45, 2.75) is 51.1 Å². The van der Waals surface area contributed by atoms with E-state index in [2.05, 4.69) is 11.8 Å². The van der Waals surface area contributed by atoms with Crippen LogP contribution in [0.3, 0.4) is 0 Å². The lowest BCUT2D eigenvalue weighted by molar-refractivity contribution is 0.0428. The van der Waals surface area contributed by atoms with Crippen molar-refractivity contribution < 1.29 is 13.9 Å². The van der Waals surface area contributed by atoms with Crippen molar-refractivity contribution in [3.8, 4) is 11.5 Å². The molecule has 1 aliphatic carbocycles. The SMILES string of the molecule is CCCN(C1CCC1)[C@H]1COc2c(F)ccc(OC)c2C1.Cl. The highest BCUT2D eigenvalue weighted by Crippen LogP contribution is 2.38. The third-order valence-electron chi connectivity index (χ3n) is 4.74. The van der Waals surface area contributed by atoms with Crippen LogP contribution < -0.4 is 9.47 Å². The molecule has 0 N–H and O–H groups in total. The molecule has 0 spiro atoms. The third-order valence-corrected chi connectivity index (χ3v) is 4.74. The summed E-state index contributed by atoms with van der Waals surface area (Å²) in [6.07, 6.45) is 5.84. The van der Waals surface area contributed by atoms with E-state index in [1.165, 1.54) is 25.3 Å². The van der Waals surface area contributed by atoms with Crippen LogP contribution >= 0.6 is 12.4 Å². The Hall–Kier alpha value is -1.00. The van der Waals surface area contributed by atoms with Crippen LogP contribution in [0, 0.1) is 5.82 Å². The zero-order valence-corrected chi connectivity index (χ0v) is 14.1. The van der Waals surface area contributed by atoms with Gasteiger partial charge in [-0.3, -0.25) is 4.90 Å². The van der Waals surface area contributed by atoms with Crippen LogP contribution in [-0.2, 0) is 6.42 Å². The molecular weight excluding hydrogens is 305 g/mol. The molecule has 0 aromatic heterocycles. The summed E-state index contributed by atoms with van der Waals surface area (Å²) in [7, 11) is 1.63. The van der Waals surface area contributed by atoms with Crippen LogP contribution in [0.5, 0.6) is 11.5 Å². The lowest BCUT2D eigenvalue weighted by atomic mass is 9.88. The molecule has 0 bridgehead atoms. The Morgan fingerprint density at radius 1 is 1.32 bits per heavy atom. The normalized spacial score (nSPS) is 20.6. The zero-order chi connectivity index (χ0) is 14.8. The monoisotopic (exact) mass is 329 g/mol. The predicted molar refractivity (Wildman–Crippen MR) is 87.8 cm³/mol. The summed E-state index contributed by atoms with van der Waals surface area (Å²) in [6.45, 7) is 3.88. The first-order valence-corrected chi connectivity index (χ1v) is 7.98. The minimum atomic E-state index is -0.282. The van der Waals surface area contributed by atoms with E-state index >= 15 is 0 Å². The van der Waals surface area contributed by atoms with Gasteiger partial charge in [0.15, 0.2) is 11.6 Å². The average Bonchev–Trinajstić information content (AvgIpc) is 2.45. The molecule has 1 saturated carbocycles. The van der Waals surface area contributed by atoms with E-state index in [0.717, 1.165) is 30.7 Å². The van der Waals surface area contributed by atoms with Crippen LogP contribution in [0.2, 0.25) is 0 Å². The van der Waals surface area contributed by atoms with Gasteiger partial charge in [0.25, 0.3) is 0 Å². The van der Waals surface area contributed by atoms with Gasteiger partial charge in [0.05, 0.1) is 7.11 Å². The lowest BCUT2D eigenvalue weighted by Gasteiger charge is -2.44. The molecule has 1 aliphatic heterocycles. The van der Waals surface area contributed by atoms with E-state index in [-0.39, 0.29) is 18.2 Å². The standard InChI is InChI=1S/C17H24FNO2.ClH/c1-3-9-19(12-5-4-6-12)13-10-14-16(20-2)8-7-15(18)17(14)21-11-13;/h7-8,12-13H,3-6,9-11H2,1-2H3;1H/t13-;/m1./s1. The molecule has 0 radical (unpaired) electrons. The van der Waals surface area contributed by atoms with Crippen molar-refractivity contribution in [2.24, 2.45) is 0 Å². The Kier molecular flexibility index (Phi) is 5.93. The number of benzene rings is 1. The van der Waals surface area contributed by atoms with Crippen LogP contribution in [0.1, 0.15) is 38.2 Å². The number of fused-ring (bicyclic) bond motifs is 1. The Labute approximate surface area is 138 Å². The lowest BCUT2D eigenvalue weighted by Crippen LogP contribution is -2.51. The molecule has 0 unspecified atom stereocenters. The van der Waals surface area contributed by atoms with E-state index in [1.54, 1.807) is 13.2 Å². The summed E-state index contributed by atoms with van der Waals surface area (Å²) >= 11 is 0. The second-order valence-electron chi connectivity index (χ2n) is 6.05. The van der Waals surface area contributed by atoms with Gasteiger partial charge in [-0.15, -0.1) is 12.4 Å². The predicted octanol–water partition coefficient (Wildman–Crippen LogP) is 3.82. The summed E-state index contributed by atoms with van der Waals surface area (Å²) in [5.74, 6) is 0.840. The molecule has 5 heteroatoms. The largest absolute Gasteiger partial charge is 0.496 e. The van der Waals surface area contributed by atoms with E-state index in [9.17, 15) is 4.39 Å². The van der Waals surface area contributed by atoms with Gasteiger partial charge in [0, 0.05) is 17.6 Å². The number of halogens is 2. The first-order valence-electron chi connectivity index (χ1n) is 7.98. The second-order valence-corrected chi connectivity index (χ2v) is 6.05. The molecule has 3 rings (SSSR count). The first kappa shape index (κ1) is 17.4. The third kappa shape index (κ3) is 3.18. The quantitative estimate of drug-likeness (QED) is 0.819. The molecule has 22 heavy (non-hydrogen) atoms. The first-order chi connectivity index (χ1) is 10.2. The Morgan fingerprint density at radius 2 is 2.09 bits per heavy atom. The Balaban J connectivity index is 0.00000176. The molecule has 1 atom stereocenters. The van der Waals surface area contributed by atoms with Crippen molar-refractivity contribution in [3.05, 3.63) is 23.5 Å². The van der Waals surface area contributed by atoms with Crippen molar-refractivity contribution in [1.29, 1.82) is 0 Å². The number of methoxy groups -OCH3 is 1. The second kappa shape index (κ2) is 7.51. The fourth-order valence-corrected chi connectivity index (χ4v) is 3.45. The molecule has 1 aromatic rings. The van der Waals surface area contributed by atoms with Crippen molar-refractivity contribution in [2.75, 3.05) is 20.3 Å². The maximum atomic E-state index is 13.9. The maximum absolute atomic E-state index is 13.9. The molecule has 1 fully saturated rings. The molecule has 2 aliphatic rings. The minimum Gasteiger partial charge on any atom is -0.496 e. The molecule has 3 nitrogen and oxygen atoms in total. The van der Waals surface area contributed by atoms with Crippen molar-refractivity contribution in [1.82, 2.24) is 4.90 Å². The maximum Gasteiger partial charge on any atom is 0.165 e. The highest BCUT2D eigenvalue weighted by molar-refractivity contribution is 5.85. The number of ether oxygens (including phenoxy) is 2. The number of hydrogen-bond acceptors (Lipinski definition) is 3. The van der Waals surface area contributed by atoms with Crippen LogP contribution in [0.15, 0.2) is 12.1 Å². The van der Waals surface area contributed by atoms with Crippen LogP contribution in [0.25, 0.3) is 0 Å². The zero-order valence-electron chi connectivity index (χ0n) is 13.3. The highest BCUT2D eigenvalue weighted by atomic mass is 35.5. The van der Waals surface area contributed by atoms with E-state index in [1.807, 2.05) is 0 Å². The minimum absolute atomic E-state index is 0. The molecule has 0 saturated heterocycles. The molecule has 0 amide bonds. The van der Waals surface area contributed by atoms with Gasteiger partial charge < -0.3 is 9.47 Å². The topological polar surface area (TPSA) is 21.7 Å². The van der Waals surface area contributed by atoms with Gasteiger partial charge in [-0.2, -0.15) is 0 Å². The number of hydrogen-bond donors (Lipinski definition) is 0. The van der Waals surface area contributed by atoms with Gasteiger partial charge in [-0.25, -0.2) is 4.39 Å². The highest BCUT2D eigenvalue weighted by Gasteiger charge is 2.34. The van der Waals surface area contributed by atoms with Gasteiger partial charge in [0.2, 0.25) is 0 Å². The van der Waals surface area contributed by atoms with E-state index < -0.39 is 0 Å². The van der Waals surface area contributed by atoms with E-state index in [0.29, 0.717) is 24.4 Å². The van der Waals surface area contributed by atoms with Gasteiger partial charge in [-0.1, -0.05) is 13.3 Å². The summed E-state index contributed by atoms with van der Waals surface area (Å²) in [5.41, 5.74) is 0.883. The fourth-order valence-electron chi connectivity index (χ4n) is 3.45. The van der Waals surface area contributed by atoms with Gasteiger partial charge >= 0.3 is 0 Å². The molecule has 1 heterocycles. The molecular formula is C17H25ClFNO2. The summed E-state index contributed by atoms with van der Waals surface area (Å²) < 4.78 is 25.1. The van der Waals surface area contributed by atoms with Crippen molar-refractivity contribution in [3.63, 3.8) is 0 Å². The van der Waals surface area contributed by atoms with Crippen molar-refractivity contribution >= 4 is 12.4 Å². The van der Waals surface area contributed by atoms with Crippen LogP contribution in [-0.4, -0.2) is 37.2 Å². The summed E-state index contributed by atoms with van der Waals surface area (Å²) in [4.78, 5) is 2.57. The Morgan fingerprint density at radius 3 is 2.68 bits per heavy atom. The number of rotatable bonds is 5. The summed E-state index contributed by atoms with van der Waals surface area (Å²) in [6, 6.07) is 4.14. The van der Waals surface area contributed by atoms with Gasteiger partial charge in [0.1, 0.15) is 12.4 Å². The van der Waals surface area contributed by atoms with Gasteiger partial charge in [-0.05, 0) is 44.4 Å². The Bertz CT molecular complexity index is 508. The smallest absolute Gasteiger partial charge is 0.165 e. The average molecular weight is 330 g/mol.